The highest BCUT2D eigenvalue weighted by molar-refractivity contribution is 5.60. The van der Waals surface area contributed by atoms with Crippen LogP contribution in [0.25, 0.3) is 0 Å². The van der Waals surface area contributed by atoms with E-state index in [4.69, 9.17) is 0 Å². The van der Waals surface area contributed by atoms with Gasteiger partial charge in [0.25, 0.3) is 5.69 Å². The molecule has 1 heterocycles. The molecule has 5 nitrogen and oxygen atoms in total. The van der Waals surface area contributed by atoms with E-state index in [0.717, 1.165) is 11.3 Å². The lowest BCUT2D eigenvalue weighted by Gasteiger charge is -2.14. The fraction of sp³-hybridized carbons (Fsp3) is 0.333. The molecule has 0 aromatic heterocycles. The smallest absolute Gasteiger partial charge is 0.271 e. The van der Waals surface area contributed by atoms with E-state index in [1.54, 1.807) is 12.1 Å². The zero-order valence-corrected chi connectivity index (χ0v) is 8.02. The van der Waals surface area contributed by atoms with Crippen LogP contribution in [0.5, 0.6) is 0 Å². The Morgan fingerprint density at radius 2 is 2.29 bits per heavy atom. The van der Waals surface area contributed by atoms with Crippen molar-refractivity contribution in [2.45, 2.75) is 13.0 Å². The van der Waals surface area contributed by atoms with Gasteiger partial charge in [-0.15, -0.1) is 0 Å². The summed E-state index contributed by atoms with van der Waals surface area (Å²) >= 11 is 0. The minimum Gasteiger partial charge on any atom is -0.318 e. The molecule has 1 atom stereocenters. The molecule has 0 unspecified atom stereocenters. The Morgan fingerprint density at radius 3 is 2.93 bits per heavy atom. The first-order valence-corrected chi connectivity index (χ1v) is 4.37. The third kappa shape index (κ3) is 1.22. The molecule has 5 heteroatoms. The van der Waals surface area contributed by atoms with Crippen LogP contribution < -0.4 is 5.43 Å². The van der Waals surface area contributed by atoms with Crippen LogP contribution in [-0.4, -0.2) is 17.0 Å². The van der Waals surface area contributed by atoms with Crippen LogP contribution in [0.1, 0.15) is 18.5 Å². The highest BCUT2D eigenvalue weighted by Crippen LogP contribution is 2.35. The molecule has 1 aromatic rings. The average molecular weight is 193 g/mol. The molecule has 1 N–H and O–H groups in total. The fourth-order valence-electron chi connectivity index (χ4n) is 1.61. The van der Waals surface area contributed by atoms with Crippen molar-refractivity contribution in [1.29, 1.82) is 0 Å². The zero-order valence-electron chi connectivity index (χ0n) is 8.02. The van der Waals surface area contributed by atoms with Crippen molar-refractivity contribution in [2.75, 3.05) is 12.5 Å². The summed E-state index contributed by atoms with van der Waals surface area (Å²) in [6, 6.07) is 5.16. The second-order valence-corrected chi connectivity index (χ2v) is 3.43. The quantitative estimate of drug-likeness (QED) is 0.547. The summed E-state index contributed by atoms with van der Waals surface area (Å²) in [5, 5.41) is 12.5. The van der Waals surface area contributed by atoms with Crippen LogP contribution in [0.15, 0.2) is 18.2 Å². The van der Waals surface area contributed by atoms with E-state index in [0.29, 0.717) is 0 Å². The van der Waals surface area contributed by atoms with Crippen LogP contribution in [0.4, 0.5) is 11.4 Å². The van der Waals surface area contributed by atoms with Crippen molar-refractivity contribution in [3.8, 4) is 0 Å². The van der Waals surface area contributed by atoms with Crippen molar-refractivity contribution in [3.63, 3.8) is 0 Å². The molecular weight excluding hydrogens is 182 g/mol. The van der Waals surface area contributed by atoms with E-state index in [2.05, 4.69) is 5.43 Å². The van der Waals surface area contributed by atoms with Crippen molar-refractivity contribution in [3.05, 3.63) is 33.9 Å². The van der Waals surface area contributed by atoms with E-state index in [1.165, 1.54) is 6.07 Å². The Hall–Kier alpha value is -1.62. The summed E-state index contributed by atoms with van der Waals surface area (Å²) in [5.74, 6) is 0. The summed E-state index contributed by atoms with van der Waals surface area (Å²) in [6.07, 6.45) is 0. The van der Waals surface area contributed by atoms with E-state index in [1.807, 2.05) is 19.0 Å². The molecule has 0 spiro atoms. The second kappa shape index (κ2) is 2.95. The molecule has 0 aliphatic carbocycles. The van der Waals surface area contributed by atoms with Crippen LogP contribution in [0.2, 0.25) is 0 Å². The maximum absolute atomic E-state index is 10.5. The lowest BCUT2D eigenvalue weighted by molar-refractivity contribution is -0.384. The number of fused-ring (bicyclic) bond motifs is 1. The van der Waals surface area contributed by atoms with Crippen molar-refractivity contribution < 1.29 is 4.92 Å². The van der Waals surface area contributed by atoms with Gasteiger partial charge in [0.15, 0.2) is 0 Å². The number of hydrogen-bond acceptors (Lipinski definition) is 4. The van der Waals surface area contributed by atoms with Crippen molar-refractivity contribution in [1.82, 2.24) is 5.01 Å². The molecule has 0 amide bonds. The molecule has 1 aliphatic rings. The molecular formula is C9H11N3O2. The van der Waals surface area contributed by atoms with Gasteiger partial charge in [-0.1, -0.05) is 0 Å². The van der Waals surface area contributed by atoms with E-state index in [9.17, 15) is 10.1 Å². The number of benzene rings is 1. The number of nitrogens with zero attached hydrogens (tertiary/aromatic N) is 2. The monoisotopic (exact) mass is 193 g/mol. The topological polar surface area (TPSA) is 58.4 Å². The number of rotatable bonds is 1. The Balaban J connectivity index is 2.44. The van der Waals surface area contributed by atoms with Gasteiger partial charge in [0.05, 0.1) is 16.7 Å². The Labute approximate surface area is 81.5 Å². The summed E-state index contributed by atoms with van der Waals surface area (Å²) in [6.45, 7) is 2.05. The first-order chi connectivity index (χ1) is 6.59. The minimum atomic E-state index is -0.384. The number of anilines is 1. The van der Waals surface area contributed by atoms with Crippen LogP contribution in [-0.2, 0) is 0 Å². The van der Waals surface area contributed by atoms with Gasteiger partial charge in [0.2, 0.25) is 0 Å². The summed E-state index contributed by atoms with van der Waals surface area (Å²) in [5.41, 5.74) is 5.12. The molecule has 0 radical (unpaired) electrons. The predicted molar refractivity (Wildman–Crippen MR) is 52.9 cm³/mol. The number of nitro groups is 1. The van der Waals surface area contributed by atoms with E-state index in [-0.39, 0.29) is 16.7 Å². The van der Waals surface area contributed by atoms with Gasteiger partial charge in [-0.2, -0.15) is 0 Å². The fourth-order valence-corrected chi connectivity index (χ4v) is 1.61. The molecule has 0 bridgehead atoms. The normalized spacial score (nSPS) is 20.3. The van der Waals surface area contributed by atoms with Gasteiger partial charge in [0.1, 0.15) is 0 Å². The maximum atomic E-state index is 10.5. The van der Waals surface area contributed by atoms with Gasteiger partial charge in [-0.25, -0.2) is 5.01 Å². The lowest BCUT2D eigenvalue weighted by Crippen LogP contribution is -2.20. The number of nitrogens with one attached hydrogen (secondary N) is 1. The number of nitro benzene ring substituents is 1. The Bertz CT molecular complexity index is 392. The summed E-state index contributed by atoms with van der Waals surface area (Å²) < 4.78 is 0. The van der Waals surface area contributed by atoms with E-state index < -0.39 is 0 Å². The highest BCUT2D eigenvalue weighted by Gasteiger charge is 2.24. The van der Waals surface area contributed by atoms with Crippen molar-refractivity contribution in [2.24, 2.45) is 0 Å². The molecule has 1 aromatic carbocycles. The molecule has 2 rings (SSSR count). The number of non-ortho nitro benzene ring substituents is 1. The number of hydrogen-bond donors (Lipinski definition) is 1. The third-order valence-electron chi connectivity index (χ3n) is 2.58. The SMILES string of the molecule is C[C@@H]1c2ccc([N+](=O)[O-])cc2NN1C. The second-order valence-electron chi connectivity index (χ2n) is 3.43. The number of hydrazine groups is 1. The third-order valence-corrected chi connectivity index (χ3v) is 2.58. The van der Waals surface area contributed by atoms with Gasteiger partial charge in [-0.3, -0.25) is 10.1 Å². The highest BCUT2D eigenvalue weighted by atomic mass is 16.6. The van der Waals surface area contributed by atoms with Crippen LogP contribution >= 0.6 is 0 Å². The molecule has 0 saturated heterocycles. The zero-order chi connectivity index (χ0) is 10.3. The molecule has 0 saturated carbocycles. The minimum absolute atomic E-state index is 0.124. The maximum Gasteiger partial charge on any atom is 0.271 e. The standard InChI is InChI=1S/C9H11N3O2/c1-6-8-4-3-7(12(13)14)5-9(8)10-11(6)2/h3-6,10H,1-2H3/t6-/m1/s1. The average Bonchev–Trinajstić information content (AvgIpc) is 2.42. The molecule has 74 valence electrons. The van der Waals surface area contributed by atoms with Gasteiger partial charge >= 0.3 is 0 Å². The lowest BCUT2D eigenvalue weighted by atomic mass is 10.1. The van der Waals surface area contributed by atoms with Crippen LogP contribution in [0, 0.1) is 10.1 Å². The predicted octanol–water partition coefficient (Wildman–Crippen LogP) is 1.93. The molecule has 0 fully saturated rings. The first-order valence-electron chi connectivity index (χ1n) is 4.37. The summed E-state index contributed by atoms with van der Waals surface area (Å²) in [7, 11) is 1.91. The van der Waals surface area contributed by atoms with Gasteiger partial charge in [0, 0.05) is 19.2 Å². The largest absolute Gasteiger partial charge is 0.318 e. The van der Waals surface area contributed by atoms with Crippen molar-refractivity contribution >= 4 is 11.4 Å². The summed E-state index contributed by atoms with van der Waals surface area (Å²) in [4.78, 5) is 10.1. The first kappa shape index (κ1) is 8.96. The molecule has 1 aliphatic heterocycles. The Kier molecular flexibility index (Phi) is 1.89. The van der Waals surface area contributed by atoms with Gasteiger partial charge < -0.3 is 5.43 Å². The van der Waals surface area contributed by atoms with E-state index >= 15 is 0 Å². The Morgan fingerprint density at radius 1 is 1.57 bits per heavy atom. The van der Waals surface area contributed by atoms with Crippen LogP contribution in [0.3, 0.4) is 0 Å². The van der Waals surface area contributed by atoms with Gasteiger partial charge in [-0.05, 0) is 18.6 Å². The molecule has 14 heavy (non-hydrogen) atoms.